The van der Waals surface area contributed by atoms with Crippen LogP contribution in [0.3, 0.4) is 0 Å². The van der Waals surface area contributed by atoms with Crippen LogP contribution in [0.4, 0.5) is 0 Å². The zero-order chi connectivity index (χ0) is 15.1. The third-order valence-corrected chi connectivity index (χ3v) is 2.90. The van der Waals surface area contributed by atoms with E-state index >= 15 is 0 Å². The summed E-state index contributed by atoms with van der Waals surface area (Å²) >= 11 is 4.86. The van der Waals surface area contributed by atoms with Gasteiger partial charge >= 0.3 is 31.1 Å². The number of aryl methyl sites for hydroxylation is 1. The molecule has 0 N–H and O–H groups in total. The number of halogens is 1. The Labute approximate surface area is 142 Å². The van der Waals surface area contributed by atoms with Crippen LogP contribution in [0.1, 0.15) is 5.69 Å². The van der Waals surface area contributed by atoms with Crippen molar-refractivity contribution in [1.29, 1.82) is 0 Å². The zero-order valence-corrected chi connectivity index (χ0v) is 15.2. The van der Waals surface area contributed by atoms with Crippen LogP contribution in [-0.2, 0) is 17.8 Å². The Morgan fingerprint density at radius 3 is 2.19 bits per heavy atom. The van der Waals surface area contributed by atoms with E-state index in [1.807, 2.05) is 79.3 Å². The summed E-state index contributed by atoms with van der Waals surface area (Å²) in [6.45, 7) is 1.99. The van der Waals surface area contributed by atoms with Crippen molar-refractivity contribution < 1.29 is 17.8 Å². The van der Waals surface area contributed by atoms with E-state index in [1.165, 1.54) is 0 Å². The molecule has 0 amide bonds. The molecule has 0 saturated heterocycles. The number of benzene rings is 1. The van der Waals surface area contributed by atoms with Gasteiger partial charge < -0.3 is 0 Å². The summed E-state index contributed by atoms with van der Waals surface area (Å²) in [4.78, 5) is 8.88. The summed E-state index contributed by atoms with van der Waals surface area (Å²) in [5.41, 5.74) is 4.86. The van der Waals surface area contributed by atoms with Crippen molar-refractivity contribution in [3.8, 4) is 22.5 Å². The molecule has 2 nitrogen and oxygen atoms in total. The predicted octanol–water partition coefficient (Wildman–Crippen LogP) is 4.76. The van der Waals surface area contributed by atoms with Gasteiger partial charge in [-0.25, -0.2) is 0 Å². The molecule has 0 atom stereocenters. The van der Waals surface area contributed by atoms with E-state index < -0.39 is 0 Å². The van der Waals surface area contributed by atoms with Crippen LogP contribution in [-0.4, -0.2) is 9.97 Å². The molecular formula is C17H13BrN2Pt. The molecule has 2 heterocycles. The molecule has 0 fully saturated rings. The van der Waals surface area contributed by atoms with Crippen molar-refractivity contribution >= 4 is 13.3 Å². The number of pyridine rings is 2. The first-order valence-electron chi connectivity index (χ1n) is 6.33. The molecule has 0 aliphatic carbocycles. The van der Waals surface area contributed by atoms with Gasteiger partial charge in [-0.15, -0.1) is 24.3 Å². The van der Waals surface area contributed by atoms with Crippen molar-refractivity contribution in [2.45, 2.75) is 6.92 Å². The van der Waals surface area contributed by atoms with Gasteiger partial charge in [-0.2, -0.15) is 0 Å². The van der Waals surface area contributed by atoms with Crippen molar-refractivity contribution in [3.63, 3.8) is 0 Å². The predicted molar refractivity (Wildman–Crippen MR) is 85.4 cm³/mol. The summed E-state index contributed by atoms with van der Waals surface area (Å²) in [5.74, 6) is 0. The molecule has 0 aliphatic rings. The number of hydrogen-bond acceptors (Lipinski definition) is 2. The Kier molecular flexibility index (Phi) is 6.28. The van der Waals surface area contributed by atoms with Gasteiger partial charge in [0.2, 0.25) is 0 Å². The Hall–Kier alpha value is -1.31. The molecule has 21 heavy (non-hydrogen) atoms. The molecule has 1 aromatic carbocycles. The van der Waals surface area contributed by atoms with E-state index in [4.69, 9.17) is 0 Å². The van der Waals surface area contributed by atoms with E-state index in [0.29, 0.717) is 0 Å². The molecule has 0 bridgehead atoms. The molecule has 2 aromatic heterocycles. The first-order chi connectivity index (χ1) is 10.3. The molecule has 0 spiro atoms. The Bertz CT molecular complexity index is 702. The van der Waals surface area contributed by atoms with Crippen LogP contribution in [0.15, 0.2) is 60.8 Å². The van der Waals surface area contributed by atoms with Crippen molar-refractivity contribution in [1.82, 2.24) is 9.97 Å². The maximum absolute atomic E-state index is 4.53. The molecule has 3 aromatic rings. The third kappa shape index (κ3) is 4.33. The average Bonchev–Trinajstić information content (AvgIpc) is 2.58. The second-order valence-corrected chi connectivity index (χ2v) is 4.36. The van der Waals surface area contributed by atoms with Crippen LogP contribution < -0.4 is 0 Å². The quantitative estimate of drug-likeness (QED) is 0.456. The molecule has 108 valence electrons. The summed E-state index contributed by atoms with van der Waals surface area (Å²) in [5, 5.41) is 0. The Morgan fingerprint density at radius 1 is 0.857 bits per heavy atom. The number of hydrogen-bond donors (Lipinski definition) is 0. The van der Waals surface area contributed by atoms with Gasteiger partial charge in [0.1, 0.15) is 0 Å². The average molecular weight is 520 g/mol. The fraction of sp³-hybridized carbons (Fsp3) is 0.0588. The summed E-state index contributed by atoms with van der Waals surface area (Å²) in [6.07, 6.45) is 1.79. The second kappa shape index (κ2) is 8.21. The monoisotopic (exact) mass is 519 g/mol. The normalized spacial score (nSPS) is 9.71. The summed E-state index contributed by atoms with van der Waals surface area (Å²) < 4.78 is 0. The van der Waals surface area contributed by atoms with Crippen LogP contribution in [0.5, 0.6) is 0 Å². The molecular weight excluding hydrogens is 507 g/mol. The Morgan fingerprint density at radius 2 is 1.52 bits per heavy atom. The topological polar surface area (TPSA) is 25.8 Å². The summed E-state index contributed by atoms with van der Waals surface area (Å²) in [6, 6.07) is 21.3. The Balaban J connectivity index is 0.000000774. The van der Waals surface area contributed by atoms with Gasteiger partial charge in [0.15, 0.2) is 0 Å². The van der Waals surface area contributed by atoms with E-state index in [9.17, 15) is 0 Å². The van der Waals surface area contributed by atoms with Crippen molar-refractivity contribution in [2.75, 3.05) is 0 Å². The zero-order valence-electron chi connectivity index (χ0n) is 11.4. The molecule has 0 unspecified atom stereocenters. The first kappa shape index (κ1) is 16.1. The fourth-order valence-corrected chi connectivity index (χ4v) is 1.98. The summed E-state index contributed by atoms with van der Waals surface area (Å²) in [7, 11) is 0. The van der Waals surface area contributed by atoms with Gasteiger partial charge in [0, 0.05) is 23.3 Å². The number of nitrogens with zero attached hydrogens (tertiary/aromatic N) is 2. The SMILES string of the molecule is Cc1cccc(-c2[c-]c(-c3ccccn3)ccc2)n1.[Br][Pt+]. The molecule has 0 aliphatic heterocycles. The molecule has 4 heteroatoms. The van der Waals surface area contributed by atoms with Crippen molar-refractivity contribution in [3.05, 3.63) is 72.6 Å². The van der Waals surface area contributed by atoms with E-state index in [2.05, 4.69) is 29.3 Å². The van der Waals surface area contributed by atoms with Crippen LogP contribution in [0.25, 0.3) is 22.5 Å². The fourth-order valence-electron chi connectivity index (χ4n) is 1.98. The van der Waals surface area contributed by atoms with Crippen LogP contribution in [0.2, 0.25) is 0 Å². The maximum atomic E-state index is 4.53. The van der Waals surface area contributed by atoms with Gasteiger partial charge in [-0.1, -0.05) is 35.4 Å². The standard InChI is InChI=1S/C17H13N2.BrH.Pt/c1-13-6-4-10-17(19-13)15-8-5-7-14(12-15)16-9-2-3-11-18-16;;/h2-11H,1H3;1H;/q-1;;+2/p-1. The van der Waals surface area contributed by atoms with Crippen LogP contribution in [0, 0.1) is 13.0 Å². The van der Waals surface area contributed by atoms with Gasteiger partial charge in [-0.05, 0) is 19.1 Å². The number of rotatable bonds is 2. The molecule has 3 rings (SSSR count). The van der Waals surface area contributed by atoms with Gasteiger partial charge in [0.05, 0.1) is 0 Å². The minimum absolute atomic E-state index is 0.928. The van der Waals surface area contributed by atoms with E-state index in [0.717, 1.165) is 28.2 Å². The van der Waals surface area contributed by atoms with E-state index in [1.54, 1.807) is 6.20 Å². The molecule has 0 saturated carbocycles. The van der Waals surface area contributed by atoms with E-state index in [-0.39, 0.29) is 0 Å². The molecule has 0 radical (unpaired) electrons. The minimum atomic E-state index is 0.928. The van der Waals surface area contributed by atoms with Gasteiger partial charge in [0.25, 0.3) is 0 Å². The number of aromatic nitrogens is 2. The van der Waals surface area contributed by atoms with Crippen LogP contribution >= 0.6 is 13.3 Å². The first-order valence-corrected chi connectivity index (χ1v) is 11.3. The third-order valence-electron chi connectivity index (χ3n) is 2.90. The second-order valence-electron chi connectivity index (χ2n) is 4.36. The van der Waals surface area contributed by atoms with Crippen molar-refractivity contribution in [2.24, 2.45) is 0 Å². The van der Waals surface area contributed by atoms with Gasteiger partial charge in [-0.3, -0.25) is 9.97 Å².